The van der Waals surface area contributed by atoms with Crippen LogP contribution in [0.3, 0.4) is 0 Å². The van der Waals surface area contributed by atoms with Gasteiger partial charge in [-0.15, -0.1) is 0 Å². The molecule has 11 nitrogen and oxygen atoms in total. The fourth-order valence-corrected chi connectivity index (χ4v) is 6.32. The van der Waals surface area contributed by atoms with Crippen molar-refractivity contribution >= 4 is 45.0 Å². The minimum atomic E-state index is -0.463. The fraction of sp³-hybridized carbons (Fsp3) is 0.429. The maximum absolute atomic E-state index is 6.99. The number of pyridine rings is 2. The number of piperazine rings is 1. The molecule has 46 heavy (non-hydrogen) atoms. The van der Waals surface area contributed by atoms with Crippen molar-refractivity contribution in [1.29, 1.82) is 0 Å². The second-order valence-electron chi connectivity index (χ2n) is 13.1. The Morgan fingerprint density at radius 3 is 1.93 bits per heavy atom. The van der Waals surface area contributed by atoms with Crippen LogP contribution in [0.1, 0.15) is 28.7 Å². The highest BCUT2D eigenvalue weighted by atomic mass is 15.6. The van der Waals surface area contributed by atoms with Crippen molar-refractivity contribution in [3.05, 3.63) is 71.0 Å². The molecule has 6 rings (SSSR count). The largest absolute Gasteiger partial charge is 0.377 e. The minimum absolute atomic E-state index is 0.463. The molecule has 0 aliphatic carbocycles. The van der Waals surface area contributed by atoms with Gasteiger partial charge in [-0.3, -0.25) is 19.9 Å². The lowest BCUT2D eigenvalue weighted by Gasteiger charge is -2.41. The number of guanidine groups is 1. The third kappa shape index (κ3) is 6.35. The number of hydrazine groups is 1. The number of benzene rings is 2. The van der Waals surface area contributed by atoms with E-state index in [9.17, 15) is 0 Å². The van der Waals surface area contributed by atoms with Gasteiger partial charge in [0.1, 0.15) is 0 Å². The first-order valence-electron chi connectivity index (χ1n) is 16.0. The quantitative estimate of drug-likeness (QED) is 0.310. The van der Waals surface area contributed by atoms with E-state index in [-0.39, 0.29) is 0 Å². The lowest BCUT2D eigenvalue weighted by molar-refractivity contribution is 0.152. The molecule has 2 aliphatic rings. The summed E-state index contributed by atoms with van der Waals surface area (Å²) in [6, 6.07) is 16.9. The highest BCUT2D eigenvalue weighted by Gasteiger charge is 2.32. The van der Waals surface area contributed by atoms with Crippen LogP contribution in [-0.4, -0.2) is 123 Å². The van der Waals surface area contributed by atoms with E-state index in [0.717, 1.165) is 101 Å². The van der Waals surface area contributed by atoms with Crippen LogP contribution in [-0.2, 0) is 0 Å². The maximum Gasteiger partial charge on any atom is 0.220 e. The van der Waals surface area contributed by atoms with Gasteiger partial charge in [-0.2, -0.15) is 4.99 Å². The SMILES string of the molecule is Cc1cc(N(C)C)c2cc(C3=NC(c4ccc5nc(C)cc(N(C)C)c5c4)N(N)C(N4CCN(CCN(C)C)CC4)=N3)ccc2n1. The fourth-order valence-electron chi connectivity index (χ4n) is 6.32. The number of anilines is 2. The summed E-state index contributed by atoms with van der Waals surface area (Å²) in [6.07, 6.45) is -0.463. The predicted octanol–water partition coefficient (Wildman–Crippen LogP) is 3.70. The normalized spacial score (nSPS) is 17.6. The maximum atomic E-state index is 6.99. The second-order valence-corrected chi connectivity index (χ2v) is 13.1. The summed E-state index contributed by atoms with van der Waals surface area (Å²) in [7, 11) is 12.5. The summed E-state index contributed by atoms with van der Waals surface area (Å²) in [6.45, 7) is 9.76. The Labute approximate surface area is 272 Å². The summed E-state index contributed by atoms with van der Waals surface area (Å²) in [5.41, 5.74) is 8.03. The minimum Gasteiger partial charge on any atom is -0.377 e. The molecule has 242 valence electrons. The first kappa shape index (κ1) is 31.7. The van der Waals surface area contributed by atoms with Gasteiger partial charge in [-0.1, -0.05) is 6.07 Å². The van der Waals surface area contributed by atoms with Crippen LogP contribution in [0, 0.1) is 13.8 Å². The Morgan fingerprint density at radius 1 is 0.761 bits per heavy atom. The van der Waals surface area contributed by atoms with E-state index in [1.54, 1.807) is 5.01 Å². The third-order valence-electron chi connectivity index (χ3n) is 8.84. The third-order valence-corrected chi connectivity index (χ3v) is 8.84. The zero-order valence-electron chi connectivity index (χ0n) is 28.5. The van der Waals surface area contributed by atoms with E-state index in [1.165, 1.54) is 0 Å². The molecule has 1 atom stereocenters. The number of rotatable bonds is 7. The van der Waals surface area contributed by atoms with Crippen molar-refractivity contribution in [2.45, 2.75) is 20.0 Å². The van der Waals surface area contributed by atoms with Crippen molar-refractivity contribution in [2.75, 3.05) is 91.4 Å². The summed E-state index contributed by atoms with van der Waals surface area (Å²) in [5.74, 6) is 8.40. The number of aliphatic imine (C=N–C) groups is 2. The molecule has 0 amide bonds. The van der Waals surface area contributed by atoms with Crippen LogP contribution >= 0.6 is 0 Å². The highest BCUT2D eigenvalue weighted by Crippen LogP contribution is 2.33. The van der Waals surface area contributed by atoms with E-state index < -0.39 is 6.17 Å². The molecule has 2 aromatic carbocycles. The van der Waals surface area contributed by atoms with E-state index in [4.69, 9.17) is 25.8 Å². The molecule has 11 heteroatoms. The standard InChI is InChI=1S/C35H47N11/c1-23-19-31(42(5)6)27-21-25(9-11-29(27)37-23)33-39-34(26-10-12-30-28(22-26)32(43(7)8)20-24(2)38-30)46(36)35(40-33)45-17-15-44(16-18-45)14-13-41(3)4/h9-12,19-22,34H,13-18,36H2,1-8H3. The Kier molecular flexibility index (Phi) is 8.82. The number of aryl methyl sites for hydroxylation is 2. The van der Waals surface area contributed by atoms with Crippen molar-refractivity contribution in [3.63, 3.8) is 0 Å². The van der Waals surface area contributed by atoms with Gasteiger partial charge >= 0.3 is 0 Å². The molecule has 1 fully saturated rings. The van der Waals surface area contributed by atoms with Gasteiger partial charge in [-0.05, 0) is 76.0 Å². The summed E-state index contributed by atoms with van der Waals surface area (Å²) >= 11 is 0. The number of aromatic nitrogens is 2. The van der Waals surface area contributed by atoms with Gasteiger partial charge in [-0.25, -0.2) is 10.8 Å². The van der Waals surface area contributed by atoms with Crippen molar-refractivity contribution in [3.8, 4) is 0 Å². The van der Waals surface area contributed by atoms with Crippen LogP contribution in [0.15, 0.2) is 58.5 Å². The molecule has 4 aromatic rings. The second kappa shape index (κ2) is 12.8. The van der Waals surface area contributed by atoms with Gasteiger partial charge in [0, 0.05) is 107 Å². The number of nitrogens with two attached hydrogens (primary N) is 1. The zero-order chi connectivity index (χ0) is 32.7. The number of hydrogen-bond donors (Lipinski definition) is 1. The molecule has 2 aliphatic heterocycles. The van der Waals surface area contributed by atoms with Gasteiger partial charge in [0.05, 0.1) is 11.0 Å². The molecule has 0 saturated carbocycles. The number of fused-ring (bicyclic) bond motifs is 2. The summed E-state index contributed by atoms with van der Waals surface area (Å²) < 4.78 is 0. The molecule has 4 heterocycles. The van der Waals surface area contributed by atoms with E-state index in [0.29, 0.717) is 5.84 Å². The van der Waals surface area contributed by atoms with Crippen LogP contribution < -0.4 is 15.6 Å². The number of amidine groups is 1. The molecule has 0 radical (unpaired) electrons. The molecule has 0 spiro atoms. The lowest BCUT2D eigenvalue weighted by Crippen LogP contribution is -2.57. The Hall–Kier alpha value is -4.32. The van der Waals surface area contributed by atoms with Crippen LogP contribution in [0.4, 0.5) is 11.4 Å². The summed E-state index contributed by atoms with van der Waals surface area (Å²) in [5, 5.41) is 3.88. The van der Waals surface area contributed by atoms with Crippen LogP contribution in [0.5, 0.6) is 0 Å². The molecule has 2 aromatic heterocycles. The van der Waals surface area contributed by atoms with E-state index in [1.807, 2.05) is 13.8 Å². The van der Waals surface area contributed by atoms with E-state index >= 15 is 0 Å². The van der Waals surface area contributed by atoms with Gasteiger partial charge < -0.3 is 19.6 Å². The average Bonchev–Trinajstić information content (AvgIpc) is 3.03. The van der Waals surface area contributed by atoms with Gasteiger partial charge in [0.2, 0.25) is 5.96 Å². The van der Waals surface area contributed by atoms with E-state index in [2.05, 4.69) is 115 Å². The first-order valence-corrected chi connectivity index (χ1v) is 16.0. The zero-order valence-corrected chi connectivity index (χ0v) is 28.5. The monoisotopic (exact) mass is 621 g/mol. The predicted molar refractivity (Wildman–Crippen MR) is 191 cm³/mol. The van der Waals surface area contributed by atoms with Gasteiger partial charge in [0.25, 0.3) is 0 Å². The molecular weight excluding hydrogens is 574 g/mol. The smallest absolute Gasteiger partial charge is 0.220 e. The Morgan fingerprint density at radius 2 is 1.35 bits per heavy atom. The first-order chi connectivity index (χ1) is 22.0. The average molecular weight is 622 g/mol. The molecule has 0 bridgehead atoms. The molecule has 1 saturated heterocycles. The Bertz CT molecular complexity index is 1800. The van der Waals surface area contributed by atoms with Crippen molar-refractivity contribution in [2.24, 2.45) is 15.8 Å². The Balaban J connectivity index is 1.43. The number of hydrogen-bond acceptors (Lipinski definition) is 11. The van der Waals surface area contributed by atoms with Crippen molar-refractivity contribution < 1.29 is 0 Å². The number of likely N-dealkylation sites (N-methyl/N-ethyl adjacent to an activating group) is 1. The molecule has 2 N–H and O–H groups in total. The summed E-state index contributed by atoms with van der Waals surface area (Å²) in [4.78, 5) is 31.3. The molecular formula is C35H47N11. The lowest BCUT2D eigenvalue weighted by atomic mass is 10.0. The highest BCUT2D eigenvalue weighted by molar-refractivity contribution is 6.10. The number of nitrogens with zero attached hydrogens (tertiary/aromatic N) is 10. The van der Waals surface area contributed by atoms with Crippen molar-refractivity contribution in [1.82, 2.24) is 29.7 Å². The molecule has 1 unspecified atom stereocenters. The van der Waals surface area contributed by atoms with Gasteiger partial charge in [0.15, 0.2) is 12.0 Å². The topological polar surface area (TPSA) is 96.0 Å². The van der Waals surface area contributed by atoms with Crippen LogP contribution in [0.25, 0.3) is 21.8 Å². The van der Waals surface area contributed by atoms with Crippen LogP contribution in [0.2, 0.25) is 0 Å².